The molecule has 5 heteroatoms. The molecule has 0 aromatic heterocycles. The van der Waals surface area contributed by atoms with E-state index in [1.807, 2.05) is 48.5 Å². The fourth-order valence-corrected chi connectivity index (χ4v) is 3.02. The summed E-state index contributed by atoms with van der Waals surface area (Å²) in [5.41, 5.74) is 2.92. The van der Waals surface area contributed by atoms with Gasteiger partial charge in [0.25, 0.3) is 5.91 Å². The molecule has 2 N–H and O–H groups in total. The molecule has 2 aromatic carbocycles. The molecule has 27 heavy (non-hydrogen) atoms. The molecule has 0 aliphatic carbocycles. The minimum Gasteiger partial charge on any atom is -0.481 e. The number of rotatable bonds is 8. The summed E-state index contributed by atoms with van der Waals surface area (Å²) in [6.45, 7) is 2.25. The Morgan fingerprint density at radius 1 is 1.22 bits per heavy atom. The summed E-state index contributed by atoms with van der Waals surface area (Å²) in [4.78, 5) is 12.2. The van der Waals surface area contributed by atoms with Gasteiger partial charge in [-0.2, -0.15) is 0 Å². The van der Waals surface area contributed by atoms with Gasteiger partial charge in [-0.1, -0.05) is 36.3 Å². The smallest absolute Gasteiger partial charge is 0.253 e. The highest BCUT2D eigenvalue weighted by atomic mass is 16.5. The van der Waals surface area contributed by atoms with Gasteiger partial charge in [0.05, 0.1) is 0 Å². The minimum absolute atomic E-state index is 0.0720. The van der Waals surface area contributed by atoms with Crippen LogP contribution in [0.5, 0.6) is 5.75 Å². The summed E-state index contributed by atoms with van der Waals surface area (Å²) in [5.74, 6) is 3.20. The van der Waals surface area contributed by atoms with E-state index in [4.69, 9.17) is 15.9 Å². The number of para-hydroxylation sites is 1. The molecule has 1 amide bonds. The molecular formula is C22H24N2O3. The van der Waals surface area contributed by atoms with E-state index in [2.05, 4.69) is 16.6 Å². The molecule has 1 unspecified atom stereocenters. The molecule has 0 radical (unpaired) electrons. The highest BCUT2D eigenvalue weighted by molar-refractivity contribution is 5.94. The van der Waals surface area contributed by atoms with Crippen molar-refractivity contribution in [2.75, 3.05) is 18.5 Å². The molecule has 3 rings (SSSR count). The molecule has 1 saturated heterocycles. The van der Waals surface area contributed by atoms with Crippen molar-refractivity contribution in [2.24, 2.45) is 0 Å². The van der Waals surface area contributed by atoms with Crippen LogP contribution in [0.4, 0.5) is 5.69 Å². The predicted octanol–water partition coefficient (Wildman–Crippen LogP) is 3.11. The Bertz CT molecular complexity index is 807. The summed E-state index contributed by atoms with van der Waals surface area (Å²) >= 11 is 0. The lowest BCUT2D eigenvalue weighted by Gasteiger charge is -2.13. The molecule has 1 fully saturated rings. The van der Waals surface area contributed by atoms with Crippen molar-refractivity contribution in [3.63, 3.8) is 0 Å². The highest BCUT2D eigenvalue weighted by Gasteiger charge is 2.23. The Balaban J connectivity index is 1.53. The Morgan fingerprint density at radius 2 is 2.11 bits per heavy atom. The third-order valence-corrected chi connectivity index (χ3v) is 4.34. The maximum atomic E-state index is 12.2. The van der Waals surface area contributed by atoms with Crippen molar-refractivity contribution in [2.45, 2.75) is 32.0 Å². The van der Waals surface area contributed by atoms with Crippen LogP contribution in [0, 0.1) is 12.3 Å². The fraction of sp³-hybridized carbons (Fsp3) is 0.318. The Hall–Kier alpha value is -2.81. The average Bonchev–Trinajstić information content (AvgIpc) is 3.22. The van der Waals surface area contributed by atoms with E-state index in [1.54, 1.807) is 0 Å². The van der Waals surface area contributed by atoms with Gasteiger partial charge < -0.3 is 20.1 Å². The lowest BCUT2D eigenvalue weighted by molar-refractivity contribution is -0.124. The maximum absolute atomic E-state index is 12.2. The summed E-state index contributed by atoms with van der Waals surface area (Å²) in [5, 5.41) is 6.34. The first kappa shape index (κ1) is 19.0. The molecule has 1 aliphatic rings. The van der Waals surface area contributed by atoms with Gasteiger partial charge in [-0.05, 0) is 36.6 Å². The van der Waals surface area contributed by atoms with Crippen LogP contribution >= 0.6 is 0 Å². The van der Waals surface area contributed by atoms with Gasteiger partial charge in [0.2, 0.25) is 0 Å². The van der Waals surface area contributed by atoms with Crippen LogP contribution in [-0.4, -0.2) is 25.2 Å². The zero-order valence-electron chi connectivity index (χ0n) is 15.2. The molecule has 0 saturated carbocycles. The van der Waals surface area contributed by atoms with E-state index in [1.165, 1.54) is 0 Å². The van der Waals surface area contributed by atoms with E-state index in [-0.39, 0.29) is 18.6 Å². The van der Waals surface area contributed by atoms with Crippen molar-refractivity contribution in [3.8, 4) is 18.1 Å². The van der Waals surface area contributed by atoms with Gasteiger partial charge >= 0.3 is 0 Å². The number of hydrogen-bond acceptors (Lipinski definition) is 4. The van der Waals surface area contributed by atoms with Crippen LogP contribution in [0.25, 0.3) is 0 Å². The monoisotopic (exact) mass is 364 g/mol. The largest absolute Gasteiger partial charge is 0.481 e. The molecule has 1 atom stereocenters. The van der Waals surface area contributed by atoms with Gasteiger partial charge in [0.15, 0.2) is 0 Å². The fourth-order valence-electron chi connectivity index (χ4n) is 3.02. The number of anilines is 1. The first-order valence-electron chi connectivity index (χ1n) is 9.12. The standard InChI is InChI=1S/C22H24N2O3/c1-2-12-26-20-10-4-3-8-18(20)16-23-15-17-7-5-9-19(14-17)24-22(25)21-11-6-13-27-21/h1,3-5,7-10,14,21,23H,6,11-13,15-16H2,(H,24,25). The molecule has 5 nitrogen and oxygen atoms in total. The van der Waals surface area contributed by atoms with Gasteiger partial charge in [0, 0.05) is 30.9 Å². The second-order valence-corrected chi connectivity index (χ2v) is 6.40. The number of carbonyl (C=O) groups excluding carboxylic acids is 1. The number of terminal acetylenes is 1. The molecule has 140 valence electrons. The van der Waals surface area contributed by atoms with Crippen LogP contribution < -0.4 is 15.4 Å². The summed E-state index contributed by atoms with van der Waals surface area (Å²) < 4.78 is 11.0. The zero-order chi connectivity index (χ0) is 18.9. The molecule has 2 aromatic rings. The zero-order valence-corrected chi connectivity index (χ0v) is 15.2. The lowest BCUT2D eigenvalue weighted by Crippen LogP contribution is -2.26. The molecular weight excluding hydrogens is 340 g/mol. The summed E-state index contributed by atoms with van der Waals surface area (Å²) in [6, 6.07) is 15.6. The molecule has 0 spiro atoms. The maximum Gasteiger partial charge on any atom is 0.253 e. The molecule has 0 bridgehead atoms. The third-order valence-electron chi connectivity index (χ3n) is 4.34. The van der Waals surface area contributed by atoms with Crippen LogP contribution in [-0.2, 0) is 22.6 Å². The summed E-state index contributed by atoms with van der Waals surface area (Å²) in [6.07, 6.45) is 6.66. The number of nitrogens with one attached hydrogen (secondary N) is 2. The van der Waals surface area contributed by atoms with Crippen molar-refractivity contribution < 1.29 is 14.3 Å². The van der Waals surface area contributed by atoms with Crippen LogP contribution in [0.3, 0.4) is 0 Å². The van der Waals surface area contributed by atoms with E-state index in [9.17, 15) is 4.79 Å². The Kier molecular flexibility index (Phi) is 6.86. The highest BCUT2D eigenvalue weighted by Crippen LogP contribution is 2.19. The van der Waals surface area contributed by atoms with Gasteiger partial charge in [-0.15, -0.1) is 6.42 Å². The number of amides is 1. The van der Waals surface area contributed by atoms with E-state index in [0.717, 1.165) is 35.4 Å². The van der Waals surface area contributed by atoms with Crippen molar-refractivity contribution in [3.05, 3.63) is 59.7 Å². The topological polar surface area (TPSA) is 59.6 Å². The van der Waals surface area contributed by atoms with E-state index < -0.39 is 0 Å². The van der Waals surface area contributed by atoms with Crippen molar-refractivity contribution >= 4 is 11.6 Å². The lowest BCUT2D eigenvalue weighted by atomic mass is 10.1. The SMILES string of the molecule is C#CCOc1ccccc1CNCc1cccc(NC(=O)C2CCCO2)c1. The van der Waals surface area contributed by atoms with Crippen LogP contribution in [0.1, 0.15) is 24.0 Å². The van der Waals surface area contributed by atoms with Gasteiger partial charge in [-0.25, -0.2) is 0 Å². The predicted molar refractivity (Wildman–Crippen MR) is 105 cm³/mol. The Labute approximate surface area is 160 Å². The number of hydrogen-bond donors (Lipinski definition) is 2. The van der Waals surface area contributed by atoms with Gasteiger partial charge in [0.1, 0.15) is 18.5 Å². The molecule has 1 heterocycles. The quantitative estimate of drug-likeness (QED) is 0.707. The minimum atomic E-state index is -0.328. The van der Waals surface area contributed by atoms with Crippen molar-refractivity contribution in [1.29, 1.82) is 0 Å². The normalized spacial score (nSPS) is 15.9. The Morgan fingerprint density at radius 3 is 2.93 bits per heavy atom. The van der Waals surface area contributed by atoms with Crippen molar-refractivity contribution in [1.82, 2.24) is 5.32 Å². The third kappa shape index (κ3) is 5.58. The van der Waals surface area contributed by atoms with Crippen LogP contribution in [0.15, 0.2) is 48.5 Å². The van der Waals surface area contributed by atoms with Crippen LogP contribution in [0.2, 0.25) is 0 Å². The van der Waals surface area contributed by atoms with Gasteiger partial charge in [-0.3, -0.25) is 4.79 Å². The first-order valence-corrected chi connectivity index (χ1v) is 9.12. The van der Waals surface area contributed by atoms with E-state index >= 15 is 0 Å². The molecule has 1 aliphatic heterocycles. The average molecular weight is 364 g/mol. The van der Waals surface area contributed by atoms with E-state index in [0.29, 0.717) is 19.7 Å². The number of ether oxygens (including phenoxy) is 2. The number of benzene rings is 2. The second kappa shape index (κ2) is 9.77. The number of carbonyl (C=O) groups is 1. The first-order chi connectivity index (χ1) is 13.3. The second-order valence-electron chi connectivity index (χ2n) is 6.40. The summed E-state index contributed by atoms with van der Waals surface area (Å²) in [7, 11) is 0.